The van der Waals surface area contributed by atoms with Crippen LogP contribution in [0.15, 0.2) is 12.4 Å². The lowest BCUT2D eigenvalue weighted by Gasteiger charge is -2.26. The number of hydrogen-bond donors (Lipinski definition) is 1. The maximum atomic E-state index is 5.35. The van der Waals surface area contributed by atoms with Crippen molar-refractivity contribution in [1.29, 1.82) is 0 Å². The van der Waals surface area contributed by atoms with E-state index in [2.05, 4.69) is 42.3 Å². The predicted molar refractivity (Wildman–Crippen MR) is 80.8 cm³/mol. The third-order valence-electron chi connectivity index (χ3n) is 3.58. The monoisotopic (exact) mass is 280 g/mol. The highest BCUT2D eigenvalue weighted by Crippen LogP contribution is 2.12. The summed E-state index contributed by atoms with van der Waals surface area (Å²) in [6.45, 7) is 13.6. The first-order valence-electron chi connectivity index (χ1n) is 7.60. The van der Waals surface area contributed by atoms with Crippen molar-refractivity contribution in [2.24, 2.45) is 0 Å². The second-order valence-corrected chi connectivity index (χ2v) is 6.45. The van der Waals surface area contributed by atoms with Gasteiger partial charge in [-0.15, -0.1) is 0 Å². The van der Waals surface area contributed by atoms with E-state index in [9.17, 15) is 0 Å². The van der Waals surface area contributed by atoms with Crippen molar-refractivity contribution in [3.63, 3.8) is 0 Å². The number of nitrogens with zero attached hydrogens (tertiary/aromatic N) is 3. The number of rotatable bonds is 6. The quantitative estimate of drug-likeness (QED) is 0.801. The molecule has 0 spiro atoms. The summed E-state index contributed by atoms with van der Waals surface area (Å²) >= 11 is 0. The normalized spacial score (nSPS) is 17.6. The third kappa shape index (κ3) is 4.89. The largest absolute Gasteiger partial charge is 0.379 e. The molecule has 1 aromatic heterocycles. The molecule has 5 nitrogen and oxygen atoms in total. The molecule has 1 N–H and O–H groups in total. The van der Waals surface area contributed by atoms with Crippen LogP contribution in [0.2, 0.25) is 0 Å². The number of hydrogen-bond acceptors (Lipinski definition) is 4. The lowest BCUT2D eigenvalue weighted by atomic mass is 10.1. The van der Waals surface area contributed by atoms with Crippen LogP contribution in [0.5, 0.6) is 0 Å². The molecule has 2 heterocycles. The Balaban J connectivity index is 1.60. The van der Waals surface area contributed by atoms with Crippen LogP contribution in [0.25, 0.3) is 0 Å². The van der Waals surface area contributed by atoms with Gasteiger partial charge in [-0.2, -0.15) is 5.10 Å². The van der Waals surface area contributed by atoms with Gasteiger partial charge >= 0.3 is 0 Å². The van der Waals surface area contributed by atoms with E-state index in [1.807, 2.05) is 10.9 Å². The van der Waals surface area contributed by atoms with Crippen molar-refractivity contribution >= 4 is 0 Å². The van der Waals surface area contributed by atoms with E-state index >= 15 is 0 Å². The highest BCUT2D eigenvalue weighted by Gasteiger charge is 2.13. The van der Waals surface area contributed by atoms with E-state index in [0.717, 1.165) is 45.9 Å². The van der Waals surface area contributed by atoms with Gasteiger partial charge in [-0.25, -0.2) is 0 Å². The summed E-state index contributed by atoms with van der Waals surface area (Å²) in [7, 11) is 0. The molecule has 0 bridgehead atoms. The van der Waals surface area contributed by atoms with Crippen molar-refractivity contribution in [3.05, 3.63) is 18.0 Å². The Morgan fingerprint density at radius 2 is 2.05 bits per heavy atom. The molecule has 20 heavy (non-hydrogen) atoms. The van der Waals surface area contributed by atoms with Crippen molar-refractivity contribution < 1.29 is 4.74 Å². The molecule has 1 aliphatic heterocycles. The lowest BCUT2D eigenvalue weighted by Crippen LogP contribution is -2.37. The average molecular weight is 280 g/mol. The maximum absolute atomic E-state index is 5.35. The Labute approximate surface area is 122 Å². The van der Waals surface area contributed by atoms with E-state index in [1.165, 1.54) is 12.0 Å². The van der Waals surface area contributed by atoms with Gasteiger partial charge in [-0.05, 0) is 40.3 Å². The van der Waals surface area contributed by atoms with Gasteiger partial charge in [0.1, 0.15) is 0 Å². The first-order chi connectivity index (χ1) is 9.55. The Kier molecular flexibility index (Phi) is 5.57. The minimum Gasteiger partial charge on any atom is -0.379 e. The smallest absolute Gasteiger partial charge is 0.0594 e. The van der Waals surface area contributed by atoms with Crippen molar-refractivity contribution in [1.82, 2.24) is 20.0 Å². The Morgan fingerprint density at radius 3 is 2.70 bits per heavy atom. The van der Waals surface area contributed by atoms with Crippen molar-refractivity contribution in [2.45, 2.75) is 39.3 Å². The zero-order chi connectivity index (χ0) is 14.4. The van der Waals surface area contributed by atoms with E-state index < -0.39 is 0 Å². The van der Waals surface area contributed by atoms with Crippen LogP contribution in [0, 0.1) is 0 Å². The Morgan fingerprint density at radius 1 is 1.30 bits per heavy atom. The first kappa shape index (κ1) is 15.5. The highest BCUT2D eigenvalue weighted by atomic mass is 16.5. The number of ether oxygens (including phenoxy) is 1. The number of morpholine rings is 1. The van der Waals surface area contributed by atoms with Crippen LogP contribution in [-0.2, 0) is 16.8 Å². The van der Waals surface area contributed by atoms with Gasteiger partial charge in [0.2, 0.25) is 0 Å². The summed E-state index contributed by atoms with van der Waals surface area (Å²) in [4.78, 5) is 2.48. The Bertz CT molecular complexity index is 391. The molecule has 0 aliphatic carbocycles. The standard InChI is InChI=1S/C15H28N4O/c1-15(2,3)19-13-14(12-17-19)11-16-5-4-6-18-7-9-20-10-8-18/h12-13,16H,4-11H2,1-3H3. The van der Waals surface area contributed by atoms with E-state index in [1.54, 1.807) is 0 Å². The van der Waals surface area contributed by atoms with E-state index in [4.69, 9.17) is 4.74 Å². The second-order valence-electron chi connectivity index (χ2n) is 6.45. The van der Waals surface area contributed by atoms with Crippen molar-refractivity contribution in [3.8, 4) is 0 Å². The molecule has 2 rings (SSSR count). The second kappa shape index (κ2) is 7.20. The molecule has 0 amide bonds. The average Bonchev–Trinajstić information content (AvgIpc) is 2.88. The molecule has 0 unspecified atom stereocenters. The molecule has 0 aromatic carbocycles. The summed E-state index contributed by atoms with van der Waals surface area (Å²) in [6.07, 6.45) is 5.28. The minimum atomic E-state index is 0.0641. The molecule has 1 aliphatic rings. The summed E-state index contributed by atoms with van der Waals surface area (Å²) in [5.41, 5.74) is 1.32. The Hall–Kier alpha value is -0.910. The summed E-state index contributed by atoms with van der Waals surface area (Å²) in [6, 6.07) is 0. The fourth-order valence-corrected chi connectivity index (χ4v) is 2.30. The van der Waals surface area contributed by atoms with Gasteiger partial charge in [0.05, 0.1) is 24.9 Å². The molecule has 1 fully saturated rings. The summed E-state index contributed by atoms with van der Waals surface area (Å²) in [5, 5.41) is 7.91. The highest BCUT2D eigenvalue weighted by molar-refractivity contribution is 5.04. The van der Waals surface area contributed by atoms with Crippen LogP contribution in [0.1, 0.15) is 32.8 Å². The van der Waals surface area contributed by atoms with Gasteiger partial charge in [-0.1, -0.05) is 0 Å². The zero-order valence-corrected chi connectivity index (χ0v) is 13.1. The predicted octanol–water partition coefficient (Wildman–Crippen LogP) is 1.45. The summed E-state index contributed by atoms with van der Waals surface area (Å²) < 4.78 is 7.37. The molecule has 0 saturated carbocycles. The van der Waals surface area contributed by atoms with Gasteiger partial charge in [0.15, 0.2) is 0 Å². The molecule has 1 aromatic rings. The van der Waals surface area contributed by atoms with Gasteiger partial charge in [0, 0.05) is 31.4 Å². The number of aromatic nitrogens is 2. The SMILES string of the molecule is CC(C)(C)n1cc(CNCCCN2CCOCC2)cn1. The molecule has 0 atom stereocenters. The maximum Gasteiger partial charge on any atom is 0.0594 e. The number of nitrogens with one attached hydrogen (secondary N) is 1. The fraction of sp³-hybridized carbons (Fsp3) is 0.800. The lowest BCUT2D eigenvalue weighted by molar-refractivity contribution is 0.0374. The molecule has 114 valence electrons. The van der Waals surface area contributed by atoms with Crippen LogP contribution in [0.4, 0.5) is 0 Å². The van der Waals surface area contributed by atoms with Crippen LogP contribution in [-0.4, -0.2) is 54.1 Å². The molecular weight excluding hydrogens is 252 g/mol. The van der Waals surface area contributed by atoms with Gasteiger partial charge in [-0.3, -0.25) is 9.58 Å². The minimum absolute atomic E-state index is 0.0641. The third-order valence-corrected chi connectivity index (χ3v) is 3.58. The first-order valence-corrected chi connectivity index (χ1v) is 7.60. The van der Waals surface area contributed by atoms with E-state index in [0.29, 0.717) is 0 Å². The van der Waals surface area contributed by atoms with Crippen LogP contribution < -0.4 is 5.32 Å². The van der Waals surface area contributed by atoms with Gasteiger partial charge in [0.25, 0.3) is 0 Å². The zero-order valence-electron chi connectivity index (χ0n) is 13.1. The van der Waals surface area contributed by atoms with Crippen molar-refractivity contribution in [2.75, 3.05) is 39.4 Å². The molecule has 1 saturated heterocycles. The molecule has 0 radical (unpaired) electrons. The molecule has 5 heteroatoms. The van der Waals surface area contributed by atoms with Crippen LogP contribution in [0.3, 0.4) is 0 Å². The molecular formula is C15H28N4O. The summed E-state index contributed by atoms with van der Waals surface area (Å²) in [5.74, 6) is 0. The topological polar surface area (TPSA) is 42.3 Å². The van der Waals surface area contributed by atoms with E-state index in [-0.39, 0.29) is 5.54 Å². The van der Waals surface area contributed by atoms with Crippen LogP contribution >= 0.6 is 0 Å². The fourth-order valence-electron chi connectivity index (χ4n) is 2.30. The van der Waals surface area contributed by atoms with Gasteiger partial charge < -0.3 is 10.1 Å².